The summed E-state index contributed by atoms with van der Waals surface area (Å²) in [5.74, 6) is 0. The number of benzene rings is 2. The number of hydrogen-bond acceptors (Lipinski definition) is 2. The second-order valence-electron chi connectivity index (χ2n) is 5.90. The summed E-state index contributed by atoms with van der Waals surface area (Å²) in [5, 5.41) is 0. The molecule has 2 N–H and O–H groups in total. The predicted molar refractivity (Wildman–Crippen MR) is 89.6 cm³/mol. The Hall–Kier alpha value is -1.80. The number of para-hydroxylation sites is 1. The minimum atomic E-state index is 0.0607. The third kappa shape index (κ3) is 3.45. The Morgan fingerprint density at radius 3 is 2.29 bits per heavy atom. The van der Waals surface area contributed by atoms with Gasteiger partial charge in [-0.3, -0.25) is 0 Å². The van der Waals surface area contributed by atoms with Gasteiger partial charge in [-0.1, -0.05) is 48.5 Å². The summed E-state index contributed by atoms with van der Waals surface area (Å²) in [5.41, 5.74) is 10.4. The van der Waals surface area contributed by atoms with Crippen molar-refractivity contribution in [3.63, 3.8) is 0 Å². The number of anilines is 1. The quantitative estimate of drug-likeness (QED) is 0.919. The lowest BCUT2D eigenvalue weighted by Crippen LogP contribution is -2.31. The minimum absolute atomic E-state index is 0.0607. The molecule has 110 valence electrons. The van der Waals surface area contributed by atoms with Gasteiger partial charge >= 0.3 is 0 Å². The first-order chi connectivity index (χ1) is 10.3. The summed E-state index contributed by atoms with van der Waals surface area (Å²) < 4.78 is 0. The predicted octanol–water partition coefficient (Wildman–Crippen LogP) is 3.92. The lowest BCUT2D eigenvalue weighted by atomic mass is 9.97. The number of rotatable bonds is 4. The largest absolute Gasteiger partial charge is 0.371 e. The van der Waals surface area contributed by atoms with Crippen molar-refractivity contribution in [2.75, 3.05) is 18.0 Å². The van der Waals surface area contributed by atoms with Gasteiger partial charge in [-0.25, -0.2) is 0 Å². The molecule has 2 aromatic rings. The van der Waals surface area contributed by atoms with E-state index in [1.807, 2.05) is 0 Å². The number of piperidine rings is 1. The lowest BCUT2D eigenvalue weighted by molar-refractivity contribution is 0.573. The van der Waals surface area contributed by atoms with Crippen LogP contribution in [0.25, 0.3) is 0 Å². The zero-order chi connectivity index (χ0) is 14.5. The normalized spacial score (nSPS) is 16.7. The fraction of sp³-hybridized carbons (Fsp3) is 0.368. The van der Waals surface area contributed by atoms with Crippen LogP contribution < -0.4 is 10.6 Å². The van der Waals surface area contributed by atoms with E-state index >= 15 is 0 Å². The van der Waals surface area contributed by atoms with Crippen LogP contribution in [-0.2, 0) is 6.42 Å². The van der Waals surface area contributed by atoms with E-state index in [4.69, 9.17) is 5.73 Å². The van der Waals surface area contributed by atoms with Crippen LogP contribution in [0.3, 0.4) is 0 Å². The number of hydrogen-bond donors (Lipinski definition) is 1. The standard InChI is InChI=1S/C19H24N2/c20-18(15-16-9-3-1-4-10-16)17-11-5-6-12-19(17)21-13-7-2-8-14-21/h1,3-6,9-12,18H,2,7-8,13-15,20H2/t18-/m1/s1. The average Bonchev–Trinajstić information content (AvgIpc) is 2.56. The van der Waals surface area contributed by atoms with Crippen molar-refractivity contribution in [3.05, 3.63) is 65.7 Å². The summed E-state index contributed by atoms with van der Waals surface area (Å²) in [6.45, 7) is 2.32. The summed E-state index contributed by atoms with van der Waals surface area (Å²) >= 11 is 0. The van der Waals surface area contributed by atoms with Crippen molar-refractivity contribution in [2.24, 2.45) is 5.73 Å². The van der Waals surface area contributed by atoms with E-state index in [0.29, 0.717) is 0 Å². The molecule has 21 heavy (non-hydrogen) atoms. The maximum atomic E-state index is 6.51. The van der Waals surface area contributed by atoms with Crippen LogP contribution >= 0.6 is 0 Å². The van der Waals surface area contributed by atoms with Crippen LogP contribution in [0.5, 0.6) is 0 Å². The van der Waals surface area contributed by atoms with Gasteiger partial charge in [0.25, 0.3) is 0 Å². The highest BCUT2D eigenvalue weighted by Crippen LogP contribution is 2.29. The van der Waals surface area contributed by atoms with E-state index in [0.717, 1.165) is 19.5 Å². The first-order valence-electron chi connectivity index (χ1n) is 7.98. The molecule has 0 unspecified atom stereocenters. The molecule has 2 nitrogen and oxygen atoms in total. The molecule has 0 saturated carbocycles. The van der Waals surface area contributed by atoms with Crippen molar-refractivity contribution in [1.82, 2.24) is 0 Å². The molecule has 2 heteroatoms. The molecule has 3 rings (SSSR count). The summed E-state index contributed by atoms with van der Waals surface area (Å²) in [7, 11) is 0. The van der Waals surface area contributed by atoms with E-state index in [1.54, 1.807) is 0 Å². The van der Waals surface area contributed by atoms with E-state index in [1.165, 1.54) is 36.1 Å². The lowest BCUT2D eigenvalue weighted by Gasteiger charge is -2.32. The average molecular weight is 280 g/mol. The van der Waals surface area contributed by atoms with Crippen LogP contribution in [0.2, 0.25) is 0 Å². The Labute approximate surface area is 127 Å². The molecule has 1 aliphatic heterocycles. The molecular formula is C19H24N2. The van der Waals surface area contributed by atoms with Crippen molar-refractivity contribution >= 4 is 5.69 Å². The third-order valence-corrected chi connectivity index (χ3v) is 4.33. The SMILES string of the molecule is N[C@H](Cc1ccccc1)c1ccccc1N1CCCCC1. The Bertz CT molecular complexity index is 559. The second-order valence-corrected chi connectivity index (χ2v) is 5.90. The fourth-order valence-electron chi connectivity index (χ4n) is 3.20. The van der Waals surface area contributed by atoms with Crippen molar-refractivity contribution in [1.29, 1.82) is 0 Å². The molecule has 0 amide bonds. The van der Waals surface area contributed by atoms with E-state index in [-0.39, 0.29) is 6.04 Å². The van der Waals surface area contributed by atoms with Crippen LogP contribution in [0.4, 0.5) is 5.69 Å². The number of nitrogens with two attached hydrogens (primary N) is 1. The molecule has 0 aliphatic carbocycles. The first-order valence-corrected chi connectivity index (χ1v) is 7.98. The summed E-state index contributed by atoms with van der Waals surface area (Å²) in [4.78, 5) is 2.50. The van der Waals surface area contributed by atoms with E-state index < -0.39 is 0 Å². The first kappa shape index (κ1) is 14.2. The highest BCUT2D eigenvalue weighted by molar-refractivity contribution is 5.55. The Morgan fingerprint density at radius 2 is 1.52 bits per heavy atom. The smallest absolute Gasteiger partial charge is 0.0414 e. The molecule has 1 aliphatic rings. The van der Waals surface area contributed by atoms with Crippen LogP contribution in [0.15, 0.2) is 54.6 Å². The molecule has 1 heterocycles. The Morgan fingerprint density at radius 1 is 0.857 bits per heavy atom. The molecule has 0 radical (unpaired) electrons. The highest BCUT2D eigenvalue weighted by atomic mass is 15.1. The molecular weight excluding hydrogens is 256 g/mol. The molecule has 2 aromatic carbocycles. The molecule has 1 fully saturated rings. The Balaban J connectivity index is 1.80. The molecule has 0 spiro atoms. The maximum Gasteiger partial charge on any atom is 0.0414 e. The molecule has 1 atom stereocenters. The van der Waals surface area contributed by atoms with Gasteiger partial charge in [0.05, 0.1) is 0 Å². The zero-order valence-electron chi connectivity index (χ0n) is 12.5. The molecule has 1 saturated heterocycles. The van der Waals surface area contributed by atoms with Gasteiger partial charge in [0, 0.05) is 24.8 Å². The van der Waals surface area contributed by atoms with Crippen LogP contribution in [0.1, 0.15) is 36.4 Å². The topological polar surface area (TPSA) is 29.3 Å². The molecule has 0 bridgehead atoms. The van der Waals surface area contributed by atoms with Gasteiger partial charge in [-0.15, -0.1) is 0 Å². The van der Waals surface area contributed by atoms with Gasteiger partial charge in [0.2, 0.25) is 0 Å². The van der Waals surface area contributed by atoms with E-state index in [9.17, 15) is 0 Å². The second kappa shape index (κ2) is 6.77. The monoisotopic (exact) mass is 280 g/mol. The summed E-state index contributed by atoms with van der Waals surface area (Å²) in [6, 6.07) is 19.2. The van der Waals surface area contributed by atoms with Crippen molar-refractivity contribution in [2.45, 2.75) is 31.7 Å². The number of nitrogens with zero attached hydrogens (tertiary/aromatic N) is 1. The van der Waals surface area contributed by atoms with Gasteiger partial charge in [-0.2, -0.15) is 0 Å². The van der Waals surface area contributed by atoms with Crippen LogP contribution in [0, 0.1) is 0 Å². The third-order valence-electron chi connectivity index (χ3n) is 4.33. The van der Waals surface area contributed by atoms with Gasteiger partial charge in [-0.05, 0) is 42.9 Å². The van der Waals surface area contributed by atoms with Crippen LogP contribution in [-0.4, -0.2) is 13.1 Å². The van der Waals surface area contributed by atoms with Crippen molar-refractivity contribution < 1.29 is 0 Å². The van der Waals surface area contributed by atoms with Gasteiger partial charge in [0.15, 0.2) is 0 Å². The van der Waals surface area contributed by atoms with E-state index in [2.05, 4.69) is 59.5 Å². The zero-order valence-corrected chi connectivity index (χ0v) is 12.5. The van der Waals surface area contributed by atoms with Gasteiger partial charge in [0.1, 0.15) is 0 Å². The summed E-state index contributed by atoms with van der Waals surface area (Å²) in [6.07, 6.45) is 4.84. The van der Waals surface area contributed by atoms with Crippen molar-refractivity contribution in [3.8, 4) is 0 Å². The Kier molecular flexibility index (Phi) is 4.56. The maximum absolute atomic E-state index is 6.51. The molecule has 0 aromatic heterocycles. The van der Waals surface area contributed by atoms with Gasteiger partial charge < -0.3 is 10.6 Å². The minimum Gasteiger partial charge on any atom is -0.371 e. The highest BCUT2D eigenvalue weighted by Gasteiger charge is 2.17. The fourth-order valence-corrected chi connectivity index (χ4v) is 3.20.